The van der Waals surface area contributed by atoms with E-state index in [2.05, 4.69) is 22.6 Å². The van der Waals surface area contributed by atoms with Gasteiger partial charge in [0.2, 0.25) is 5.91 Å². The summed E-state index contributed by atoms with van der Waals surface area (Å²) in [6, 6.07) is 2.01. The van der Waals surface area contributed by atoms with Gasteiger partial charge in [0, 0.05) is 28.4 Å². The summed E-state index contributed by atoms with van der Waals surface area (Å²) in [6.45, 7) is 6.92. The third-order valence-corrected chi connectivity index (χ3v) is 7.75. The number of aryl methyl sites for hydroxylation is 2. The van der Waals surface area contributed by atoms with Gasteiger partial charge in [-0.05, 0) is 58.9 Å². The van der Waals surface area contributed by atoms with Crippen LogP contribution in [0.2, 0.25) is 0 Å². The van der Waals surface area contributed by atoms with Gasteiger partial charge < -0.3 is 10.3 Å². The molecule has 0 saturated heterocycles. The second kappa shape index (κ2) is 9.76. The van der Waals surface area contributed by atoms with Crippen molar-refractivity contribution in [2.24, 2.45) is 5.73 Å². The van der Waals surface area contributed by atoms with Crippen LogP contribution in [0.15, 0.2) is 22.1 Å². The Morgan fingerprint density at radius 1 is 1.28 bits per heavy atom. The molecule has 0 fully saturated rings. The van der Waals surface area contributed by atoms with Crippen LogP contribution < -0.4 is 5.73 Å². The van der Waals surface area contributed by atoms with Crippen molar-refractivity contribution in [2.45, 2.75) is 70.2 Å². The molecule has 0 atom stereocenters. The number of thioether (sulfide) groups is 1. The molecule has 1 aliphatic carbocycles. The maximum Gasteiger partial charge on any atom is 0.222 e. The first kappa shape index (κ1) is 21.8. The van der Waals surface area contributed by atoms with Gasteiger partial charge in [-0.15, -0.1) is 11.3 Å². The smallest absolute Gasteiger partial charge is 0.222 e. The van der Waals surface area contributed by atoms with E-state index in [1.54, 1.807) is 5.57 Å². The SMILES string of the molecule is Cc1nc(SCC(=O)c2cc(C)n(CCC3=CCCCC3)c2C)sc1CC(N)=O. The molecule has 0 saturated carbocycles. The number of nitrogens with two attached hydrogens (primary N) is 1. The van der Waals surface area contributed by atoms with Crippen LogP contribution in [0.25, 0.3) is 0 Å². The van der Waals surface area contributed by atoms with Crippen molar-refractivity contribution >= 4 is 34.8 Å². The number of Topliss-reactive ketones (excluding diaryl/α,β-unsaturated/α-hetero) is 1. The summed E-state index contributed by atoms with van der Waals surface area (Å²) in [4.78, 5) is 29.3. The minimum Gasteiger partial charge on any atom is -0.369 e. The van der Waals surface area contributed by atoms with E-state index in [4.69, 9.17) is 5.73 Å². The highest BCUT2D eigenvalue weighted by Crippen LogP contribution is 2.29. The Morgan fingerprint density at radius 3 is 2.76 bits per heavy atom. The highest BCUT2D eigenvalue weighted by atomic mass is 32.2. The molecule has 0 aromatic carbocycles. The molecule has 2 aromatic heterocycles. The van der Waals surface area contributed by atoms with E-state index < -0.39 is 0 Å². The largest absolute Gasteiger partial charge is 0.369 e. The third kappa shape index (κ3) is 5.60. The molecule has 2 heterocycles. The van der Waals surface area contributed by atoms with Gasteiger partial charge >= 0.3 is 0 Å². The van der Waals surface area contributed by atoms with Crippen LogP contribution in [-0.4, -0.2) is 27.0 Å². The zero-order valence-electron chi connectivity index (χ0n) is 17.4. The number of thiazole rings is 1. The average Bonchev–Trinajstić information content (AvgIpc) is 3.17. The summed E-state index contributed by atoms with van der Waals surface area (Å²) in [5, 5.41) is 0. The fourth-order valence-electron chi connectivity index (χ4n) is 3.80. The van der Waals surface area contributed by atoms with Crippen molar-refractivity contribution in [3.05, 3.63) is 45.2 Å². The molecule has 2 N–H and O–H groups in total. The zero-order chi connectivity index (χ0) is 21.0. The first-order valence-corrected chi connectivity index (χ1v) is 11.9. The summed E-state index contributed by atoms with van der Waals surface area (Å²) >= 11 is 2.88. The van der Waals surface area contributed by atoms with Gasteiger partial charge in [-0.3, -0.25) is 9.59 Å². The Hall–Kier alpha value is -1.86. The Labute approximate surface area is 180 Å². The molecule has 29 heavy (non-hydrogen) atoms. The normalized spacial score (nSPS) is 14.1. The highest BCUT2D eigenvalue weighted by molar-refractivity contribution is 8.01. The van der Waals surface area contributed by atoms with Crippen molar-refractivity contribution in [2.75, 3.05) is 5.75 Å². The summed E-state index contributed by atoms with van der Waals surface area (Å²) < 4.78 is 3.08. The van der Waals surface area contributed by atoms with Gasteiger partial charge in [0.05, 0.1) is 17.9 Å². The van der Waals surface area contributed by atoms with E-state index >= 15 is 0 Å². The molecule has 5 nitrogen and oxygen atoms in total. The molecule has 0 bridgehead atoms. The fraction of sp³-hybridized carbons (Fsp3) is 0.500. The number of primary amides is 1. The first-order chi connectivity index (χ1) is 13.8. The minimum atomic E-state index is -0.360. The Balaban J connectivity index is 1.62. The first-order valence-electron chi connectivity index (χ1n) is 10.1. The summed E-state index contributed by atoms with van der Waals surface area (Å²) in [5.74, 6) is 0.106. The molecule has 2 aromatic rings. The quantitative estimate of drug-likeness (QED) is 0.353. The van der Waals surface area contributed by atoms with Gasteiger partial charge in [-0.1, -0.05) is 23.4 Å². The molecule has 0 spiro atoms. The van der Waals surface area contributed by atoms with Crippen LogP contribution in [0.5, 0.6) is 0 Å². The molecule has 1 aliphatic rings. The van der Waals surface area contributed by atoms with E-state index in [1.807, 2.05) is 19.9 Å². The second-order valence-electron chi connectivity index (χ2n) is 7.64. The highest BCUT2D eigenvalue weighted by Gasteiger charge is 2.18. The molecule has 7 heteroatoms. The van der Waals surface area contributed by atoms with E-state index in [-0.39, 0.29) is 18.1 Å². The molecule has 0 radical (unpaired) electrons. The summed E-state index contributed by atoms with van der Waals surface area (Å²) in [6.07, 6.45) is 8.69. The lowest BCUT2D eigenvalue weighted by Gasteiger charge is -2.15. The van der Waals surface area contributed by atoms with Crippen LogP contribution in [0, 0.1) is 20.8 Å². The number of nitrogens with zero attached hydrogens (tertiary/aromatic N) is 2. The number of hydrogen-bond acceptors (Lipinski definition) is 5. The number of rotatable bonds is 9. The van der Waals surface area contributed by atoms with Gasteiger partial charge in [-0.25, -0.2) is 4.98 Å². The monoisotopic (exact) mass is 431 g/mol. The maximum absolute atomic E-state index is 12.8. The van der Waals surface area contributed by atoms with Crippen molar-refractivity contribution in [3.8, 4) is 0 Å². The summed E-state index contributed by atoms with van der Waals surface area (Å²) in [7, 11) is 0. The van der Waals surface area contributed by atoms with Crippen LogP contribution in [0.3, 0.4) is 0 Å². The lowest BCUT2D eigenvalue weighted by Crippen LogP contribution is -2.13. The maximum atomic E-state index is 12.8. The molecule has 156 valence electrons. The van der Waals surface area contributed by atoms with Crippen LogP contribution in [-0.2, 0) is 17.8 Å². The summed E-state index contributed by atoms with van der Waals surface area (Å²) in [5.41, 5.74) is 10.6. The molecule has 1 amide bonds. The van der Waals surface area contributed by atoms with E-state index in [0.717, 1.165) is 44.8 Å². The zero-order valence-corrected chi connectivity index (χ0v) is 19.0. The Bertz CT molecular complexity index is 940. The Kier molecular flexibility index (Phi) is 7.35. The van der Waals surface area contributed by atoms with Crippen LogP contribution in [0.1, 0.15) is 64.4 Å². The van der Waals surface area contributed by atoms with Gasteiger partial charge in [0.15, 0.2) is 10.1 Å². The molecule has 0 unspecified atom stereocenters. The molecular weight excluding hydrogens is 402 g/mol. The van der Waals surface area contributed by atoms with Crippen molar-refractivity contribution in [1.29, 1.82) is 0 Å². The van der Waals surface area contributed by atoms with Crippen molar-refractivity contribution < 1.29 is 9.59 Å². The third-order valence-electron chi connectivity index (χ3n) is 5.45. The fourth-order valence-corrected chi connectivity index (χ4v) is 5.93. The lowest BCUT2D eigenvalue weighted by molar-refractivity contribution is -0.117. The van der Waals surface area contributed by atoms with Gasteiger partial charge in [0.25, 0.3) is 0 Å². The van der Waals surface area contributed by atoms with Crippen LogP contribution >= 0.6 is 23.1 Å². The predicted octanol–water partition coefficient (Wildman–Crippen LogP) is 4.76. The number of carbonyl (C=O) groups is 2. The van der Waals surface area contributed by atoms with Gasteiger partial charge in [-0.2, -0.15) is 0 Å². The number of aromatic nitrogens is 2. The van der Waals surface area contributed by atoms with Crippen molar-refractivity contribution in [3.63, 3.8) is 0 Å². The predicted molar refractivity (Wildman–Crippen MR) is 120 cm³/mol. The molecule has 3 rings (SSSR count). The number of allylic oxidation sites excluding steroid dienone is 2. The average molecular weight is 432 g/mol. The number of amides is 1. The topological polar surface area (TPSA) is 78.0 Å². The van der Waals surface area contributed by atoms with Gasteiger partial charge in [0.1, 0.15) is 0 Å². The number of hydrogen-bond donors (Lipinski definition) is 1. The molecular formula is C22H29N3O2S2. The lowest BCUT2D eigenvalue weighted by atomic mass is 9.97. The Morgan fingerprint density at radius 2 is 2.07 bits per heavy atom. The second-order valence-corrected chi connectivity index (χ2v) is 9.94. The molecule has 0 aliphatic heterocycles. The number of ketones is 1. The van der Waals surface area contributed by atoms with E-state index in [1.165, 1.54) is 48.8 Å². The van der Waals surface area contributed by atoms with Crippen LogP contribution in [0.4, 0.5) is 0 Å². The minimum absolute atomic E-state index is 0.121. The number of carbonyl (C=O) groups excluding carboxylic acids is 2. The van der Waals surface area contributed by atoms with E-state index in [9.17, 15) is 9.59 Å². The standard InChI is InChI=1S/C22H29N3O2S2/c1-14-11-18(16(3)25(14)10-9-17-7-5-4-6-8-17)19(26)13-28-22-24-15(2)20(29-22)12-21(23)27/h7,11H,4-6,8-10,12-13H2,1-3H3,(H2,23,27). The van der Waals surface area contributed by atoms with E-state index in [0.29, 0.717) is 5.75 Å². The van der Waals surface area contributed by atoms with Crippen molar-refractivity contribution in [1.82, 2.24) is 9.55 Å².